The first kappa shape index (κ1) is 13.0. The molecule has 1 fully saturated rings. The van der Waals surface area contributed by atoms with Crippen LogP contribution in [0.1, 0.15) is 13.3 Å². The molecule has 0 saturated carbocycles. The van der Waals surface area contributed by atoms with Gasteiger partial charge in [-0.1, -0.05) is 6.92 Å². The third-order valence-electron chi connectivity index (χ3n) is 3.46. The Morgan fingerprint density at radius 1 is 1.40 bits per heavy atom. The SMILES string of the molecule is CCC1CN(c2nccc(-c3ncnn3C)n2)CCO1. The van der Waals surface area contributed by atoms with Gasteiger partial charge >= 0.3 is 0 Å². The smallest absolute Gasteiger partial charge is 0.226 e. The number of aromatic nitrogens is 5. The van der Waals surface area contributed by atoms with Gasteiger partial charge in [-0.15, -0.1) is 0 Å². The van der Waals surface area contributed by atoms with Crippen molar-refractivity contribution in [2.75, 3.05) is 24.6 Å². The van der Waals surface area contributed by atoms with E-state index in [2.05, 4.69) is 31.9 Å². The van der Waals surface area contributed by atoms with Gasteiger partial charge in [0.05, 0.1) is 12.7 Å². The molecule has 7 nitrogen and oxygen atoms in total. The van der Waals surface area contributed by atoms with Gasteiger partial charge in [-0.3, -0.25) is 0 Å². The van der Waals surface area contributed by atoms with E-state index in [9.17, 15) is 0 Å². The summed E-state index contributed by atoms with van der Waals surface area (Å²) in [6.07, 6.45) is 4.55. The molecule has 2 aromatic heterocycles. The predicted molar refractivity (Wildman–Crippen MR) is 74.3 cm³/mol. The number of morpholine rings is 1. The standard InChI is InChI=1S/C13H18N6O/c1-3-10-8-19(6-7-20-10)13-14-5-4-11(17-13)12-15-9-16-18(12)2/h4-5,9-10H,3,6-8H2,1-2H3. The van der Waals surface area contributed by atoms with Gasteiger partial charge in [-0.25, -0.2) is 19.6 Å². The number of aryl methyl sites for hydroxylation is 1. The van der Waals surface area contributed by atoms with E-state index >= 15 is 0 Å². The summed E-state index contributed by atoms with van der Waals surface area (Å²) in [5.41, 5.74) is 0.787. The van der Waals surface area contributed by atoms with Gasteiger partial charge in [0, 0.05) is 26.3 Å². The third kappa shape index (κ3) is 2.49. The van der Waals surface area contributed by atoms with E-state index in [4.69, 9.17) is 4.74 Å². The number of anilines is 1. The molecule has 3 rings (SSSR count). The van der Waals surface area contributed by atoms with Crippen molar-refractivity contribution >= 4 is 5.95 Å². The van der Waals surface area contributed by atoms with Crippen LogP contribution in [0.3, 0.4) is 0 Å². The normalized spacial score (nSPS) is 19.3. The highest BCUT2D eigenvalue weighted by molar-refractivity contribution is 5.51. The summed E-state index contributed by atoms with van der Waals surface area (Å²) < 4.78 is 7.39. The van der Waals surface area contributed by atoms with Crippen LogP contribution < -0.4 is 4.90 Å². The van der Waals surface area contributed by atoms with Gasteiger partial charge in [-0.2, -0.15) is 5.10 Å². The summed E-state index contributed by atoms with van der Waals surface area (Å²) in [5, 5.41) is 4.07. The zero-order valence-electron chi connectivity index (χ0n) is 11.7. The molecule has 0 spiro atoms. The van der Waals surface area contributed by atoms with Gasteiger partial charge in [-0.05, 0) is 12.5 Å². The first-order valence-corrected chi connectivity index (χ1v) is 6.82. The molecule has 0 aromatic carbocycles. The fourth-order valence-corrected chi connectivity index (χ4v) is 2.30. The van der Waals surface area contributed by atoms with Crippen LogP contribution in [0.15, 0.2) is 18.6 Å². The monoisotopic (exact) mass is 274 g/mol. The van der Waals surface area contributed by atoms with Crippen LogP contribution in [0, 0.1) is 0 Å². The van der Waals surface area contributed by atoms with Crippen molar-refractivity contribution in [2.24, 2.45) is 7.05 Å². The number of hydrogen-bond acceptors (Lipinski definition) is 6. The summed E-state index contributed by atoms with van der Waals surface area (Å²) in [5.74, 6) is 1.47. The molecule has 2 aromatic rings. The molecular formula is C13H18N6O. The van der Waals surface area contributed by atoms with Crippen LogP contribution in [-0.4, -0.2) is 50.5 Å². The Morgan fingerprint density at radius 2 is 2.30 bits per heavy atom. The topological polar surface area (TPSA) is 69.0 Å². The first-order chi connectivity index (χ1) is 9.78. The maximum absolute atomic E-state index is 5.68. The highest BCUT2D eigenvalue weighted by Crippen LogP contribution is 2.18. The molecule has 1 unspecified atom stereocenters. The van der Waals surface area contributed by atoms with E-state index in [0.29, 0.717) is 0 Å². The Bertz CT molecular complexity index is 584. The largest absolute Gasteiger partial charge is 0.375 e. The average molecular weight is 274 g/mol. The molecule has 0 amide bonds. The Labute approximate surface area is 117 Å². The van der Waals surface area contributed by atoms with E-state index < -0.39 is 0 Å². The molecule has 1 aliphatic rings. The summed E-state index contributed by atoms with van der Waals surface area (Å²) in [7, 11) is 1.85. The van der Waals surface area contributed by atoms with Crippen LogP contribution in [0.25, 0.3) is 11.5 Å². The molecule has 0 radical (unpaired) electrons. The maximum Gasteiger partial charge on any atom is 0.226 e. The van der Waals surface area contributed by atoms with Crippen LogP contribution in [-0.2, 0) is 11.8 Å². The highest BCUT2D eigenvalue weighted by Gasteiger charge is 2.21. The molecule has 106 valence electrons. The van der Waals surface area contributed by atoms with E-state index in [-0.39, 0.29) is 6.10 Å². The van der Waals surface area contributed by atoms with Crippen LogP contribution in [0.5, 0.6) is 0 Å². The average Bonchev–Trinajstić information content (AvgIpc) is 2.94. The zero-order chi connectivity index (χ0) is 13.9. The first-order valence-electron chi connectivity index (χ1n) is 6.82. The van der Waals surface area contributed by atoms with Crippen LogP contribution in [0.2, 0.25) is 0 Å². The lowest BCUT2D eigenvalue weighted by atomic mass is 10.2. The minimum atomic E-state index is 0.255. The summed E-state index contributed by atoms with van der Waals surface area (Å²) >= 11 is 0. The van der Waals surface area contributed by atoms with Gasteiger partial charge < -0.3 is 9.64 Å². The van der Waals surface area contributed by atoms with Crippen molar-refractivity contribution in [3.63, 3.8) is 0 Å². The molecule has 20 heavy (non-hydrogen) atoms. The number of hydrogen-bond donors (Lipinski definition) is 0. The van der Waals surface area contributed by atoms with E-state index in [0.717, 1.165) is 43.6 Å². The predicted octanol–water partition coefficient (Wildman–Crippen LogP) is 0.887. The molecule has 1 saturated heterocycles. The van der Waals surface area contributed by atoms with E-state index in [1.807, 2.05) is 13.1 Å². The van der Waals surface area contributed by atoms with Gasteiger partial charge in [0.15, 0.2) is 5.82 Å². The van der Waals surface area contributed by atoms with Crippen molar-refractivity contribution in [2.45, 2.75) is 19.4 Å². The van der Waals surface area contributed by atoms with Gasteiger partial charge in [0.25, 0.3) is 0 Å². The van der Waals surface area contributed by atoms with Crippen molar-refractivity contribution < 1.29 is 4.74 Å². The zero-order valence-corrected chi connectivity index (χ0v) is 11.7. The molecule has 3 heterocycles. The minimum Gasteiger partial charge on any atom is -0.375 e. The molecule has 0 bridgehead atoms. The second kappa shape index (κ2) is 5.54. The molecule has 0 N–H and O–H groups in total. The lowest BCUT2D eigenvalue weighted by Crippen LogP contribution is -2.43. The van der Waals surface area contributed by atoms with Gasteiger partial charge in [0.1, 0.15) is 12.0 Å². The van der Waals surface area contributed by atoms with Crippen molar-refractivity contribution in [1.29, 1.82) is 0 Å². The van der Waals surface area contributed by atoms with E-state index in [1.54, 1.807) is 10.9 Å². The summed E-state index contributed by atoms with van der Waals surface area (Å²) in [6, 6.07) is 1.85. The minimum absolute atomic E-state index is 0.255. The third-order valence-corrected chi connectivity index (χ3v) is 3.46. The number of nitrogens with zero attached hydrogens (tertiary/aromatic N) is 6. The fourth-order valence-electron chi connectivity index (χ4n) is 2.30. The lowest BCUT2D eigenvalue weighted by molar-refractivity contribution is 0.0379. The quantitative estimate of drug-likeness (QED) is 0.828. The number of rotatable bonds is 3. The van der Waals surface area contributed by atoms with Crippen molar-refractivity contribution in [1.82, 2.24) is 24.7 Å². The second-order valence-corrected chi connectivity index (χ2v) is 4.80. The van der Waals surface area contributed by atoms with E-state index in [1.165, 1.54) is 6.33 Å². The van der Waals surface area contributed by atoms with Crippen LogP contribution in [0.4, 0.5) is 5.95 Å². The Hall–Kier alpha value is -2.02. The maximum atomic E-state index is 5.68. The Balaban J connectivity index is 1.86. The molecule has 0 aliphatic carbocycles. The van der Waals surface area contributed by atoms with Crippen molar-refractivity contribution in [3.8, 4) is 11.5 Å². The Kier molecular flexibility index (Phi) is 3.60. The molecular weight excluding hydrogens is 256 g/mol. The molecule has 7 heteroatoms. The Morgan fingerprint density at radius 3 is 3.05 bits per heavy atom. The number of ether oxygens (including phenoxy) is 1. The summed E-state index contributed by atoms with van der Waals surface area (Å²) in [4.78, 5) is 15.4. The molecule has 1 atom stereocenters. The molecule has 1 aliphatic heterocycles. The highest BCUT2D eigenvalue weighted by atomic mass is 16.5. The van der Waals surface area contributed by atoms with Crippen LogP contribution >= 0.6 is 0 Å². The second-order valence-electron chi connectivity index (χ2n) is 4.80. The van der Waals surface area contributed by atoms with Crippen molar-refractivity contribution in [3.05, 3.63) is 18.6 Å². The summed E-state index contributed by atoms with van der Waals surface area (Å²) in [6.45, 7) is 4.50. The lowest BCUT2D eigenvalue weighted by Gasteiger charge is -2.32. The van der Waals surface area contributed by atoms with Gasteiger partial charge in [0.2, 0.25) is 5.95 Å². The fraction of sp³-hybridized carbons (Fsp3) is 0.538.